The van der Waals surface area contributed by atoms with Gasteiger partial charge in [-0.1, -0.05) is 0 Å². The highest BCUT2D eigenvalue weighted by Gasteiger charge is 2.23. The Bertz CT molecular complexity index is 671. The summed E-state index contributed by atoms with van der Waals surface area (Å²) in [6.45, 7) is 5.86. The zero-order chi connectivity index (χ0) is 14.9. The number of amides is 1. The molecule has 0 saturated carbocycles. The van der Waals surface area contributed by atoms with Crippen molar-refractivity contribution in [3.63, 3.8) is 0 Å². The van der Waals surface area contributed by atoms with E-state index in [9.17, 15) is 9.59 Å². The van der Waals surface area contributed by atoms with Gasteiger partial charge in [0.25, 0.3) is 11.5 Å². The number of rotatable bonds is 3. The minimum absolute atomic E-state index is 0.152. The minimum Gasteiger partial charge on any atom is -0.332 e. The Morgan fingerprint density at radius 2 is 2.15 bits per heavy atom. The van der Waals surface area contributed by atoms with E-state index in [4.69, 9.17) is 0 Å². The molecule has 1 atom stereocenters. The summed E-state index contributed by atoms with van der Waals surface area (Å²) in [7, 11) is 1.70. The molecule has 1 amide bonds. The van der Waals surface area contributed by atoms with Gasteiger partial charge in [-0.05, 0) is 20.8 Å². The van der Waals surface area contributed by atoms with E-state index < -0.39 is 0 Å². The van der Waals surface area contributed by atoms with Gasteiger partial charge >= 0.3 is 0 Å². The lowest BCUT2D eigenvalue weighted by atomic mass is 10.2. The predicted molar refractivity (Wildman–Crippen MR) is 77.0 cm³/mol. The van der Waals surface area contributed by atoms with Crippen LogP contribution in [0.1, 0.15) is 39.0 Å². The fourth-order valence-corrected chi connectivity index (χ4v) is 2.84. The summed E-state index contributed by atoms with van der Waals surface area (Å²) < 4.78 is 0. The summed E-state index contributed by atoms with van der Waals surface area (Å²) in [6.07, 6.45) is 2.43. The van der Waals surface area contributed by atoms with Gasteiger partial charge in [0, 0.05) is 18.1 Å². The first-order chi connectivity index (χ1) is 9.40. The molecule has 6 nitrogen and oxygen atoms in total. The fraction of sp³-hybridized carbons (Fsp3) is 0.385. The summed E-state index contributed by atoms with van der Waals surface area (Å²) in [5.41, 5.74) is 0.777. The van der Waals surface area contributed by atoms with Crippen LogP contribution in [0.3, 0.4) is 0 Å². The van der Waals surface area contributed by atoms with Gasteiger partial charge in [-0.3, -0.25) is 9.59 Å². The third-order valence-electron chi connectivity index (χ3n) is 3.13. The highest BCUT2D eigenvalue weighted by Crippen LogP contribution is 2.26. The standard InChI is InChI=1S/C13H16N4O2S/c1-7(12-8(2)20-9(3)16-12)17(4)13(19)10-5-15-11(18)6-14-10/h5-7H,1-4H3,(H,15,18)/t7-/m0/s1. The predicted octanol–water partition coefficient (Wildman–Crippen LogP) is 1.68. The number of thiazole rings is 1. The Hall–Kier alpha value is -2.02. The van der Waals surface area contributed by atoms with Crippen LogP contribution in [0.5, 0.6) is 0 Å². The van der Waals surface area contributed by atoms with Crippen molar-refractivity contribution in [3.05, 3.63) is 44.0 Å². The van der Waals surface area contributed by atoms with E-state index in [1.165, 1.54) is 6.20 Å². The Morgan fingerprint density at radius 1 is 1.45 bits per heavy atom. The number of nitrogens with one attached hydrogen (secondary N) is 1. The first-order valence-corrected chi connectivity index (χ1v) is 6.97. The minimum atomic E-state index is -0.330. The highest BCUT2D eigenvalue weighted by atomic mass is 32.1. The van der Waals surface area contributed by atoms with Crippen LogP contribution in [0.4, 0.5) is 0 Å². The van der Waals surface area contributed by atoms with Gasteiger partial charge in [0.15, 0.2) is 0 Å². The smallest absolute Gasteiger partial charge is 0.274 e. The maximum atomic E-state index is 12.3. The van der Waals surface area contributed by atoms with E-state index in [1.807, 2.05) is 20.8 Å². The van der Waals surface area contributed by atoms with Crippen molar-refractivity contribution < 1.29 is 4.79 Å². The molecule has 2 rings (SSSR count). The summed E-state index contributed by atoms with van der Waals surface area (Å²) in [5, 5.41) is 0.979. The van der Waals surface area contributed by atoms with E-state index >= 15 is 0 Å². The summed E-state index contributed by atoms with van der Waals surface area (Å²) >= 11 is 1.61. The number of aryl methyl sites for hydroxylation is 2. The summed E-state index contributed by atoms with van der Waals surface area (Å²) in [5.74, 6) is -0.251. The van der Waals surface area contributed by atoms with Crippen molar-refractivity contribution in [3.8, 4) is 0 Å². The Morgan fingerprint density at radius 3 is 2.65 bits per heavy atom. The molecule has 0 radical (unpaired) electrons. The van der Waals surface area contributed by atoms with E-state index in [0.29, 0.717) is 0 Å². The van der Waals surface area contributed by atoms with Crippen LogP contribution in [0.25, 0.3) is 0 Å². The number of carbonyl (C=O) groups is 1. The van der Waals surface area contributed by atoms with Gasteiger partial charge in [-0.15, -0.1) is 11.3 Å². The van der Waals surface area contributed by atoms with Crippen LogP contribution < -0.4 is 5.56 Å². The van der Waals surface area contributed by atoms with Crippen LogP contribution in [0, 0.1) is 13.8 Å². The van der Waals surface area contributed by atoms with Crippen molar-refractivity contribution in [2.24, 2.45) is 0 Å². The molecule has 7 heteroatoms. The molecule has 0 fully saturated rings. The molecule has 20 heavy (non-hydrogen) atoms. The molecule has 2 heterocycles. The third-order valence-corrected chi connectivity index (χ3v) is 4.03. The third kappa shape index (κ3) is 2.77. The van der Waals surface area contributed by atoms with Gasteiger partial charge in [-0.25, -0.2) is 9.97 Å². The molecule has 2 aromatic heterocycles. The SMILES string of the molecule is Cc1nc([C@H](C)N(C)C(=O)c2c[nH]c(=O)cn2)c(C)s1. The van der Waals surface area contributed by atoms with Crippen molar-refractivity contribution in [2.45, 2.75) is 26.8 Å². The van der Waals surface area contributed by atoms with Gasteiger partial charge in [0.1, 0.15) is 5.69 Å². The molecule has 2 aromatic rings. The van der Waals surface area contributed by atoms with Crippen LogP contribution in [-0.2, 0) is 0 Å². The number of aromatic amines is 1. The Balaban J connectivity index is 2.24. The molecule has 0 saturated heterocycles. The van der Waals surface area contributed by atoms with E-state index in [0.717, 1.165) is 21.8 Å². The second kappa shape index (κ2) is 5.54. The number of hydrogen-bond donors (Lipinski definition) is 1. The number of carbonyl (C=O) groups excluding carboxylic acids is 1. The normalized spacial score (nSPS) is 12.2. The highest BCUT2D eigenvalue weighted by molar-refractivity contribution is 7.11. The molecular weight excluding hydrogens is 276 g/mol. The number of H-pyrrole nitrogens is 1. The molecule has 0 aliphatic heterocycles. The van der Waals surface area contributed by atoms with E-state index in [2.05, 4.69) is 15.0 Å². The van der Waals surface area contributed by atoms with Crippen molar-refractivity contribution >= 4 is 17.2 Å². The first kappa shape index (κ1) is 14.4. The quantitative estimate of drug-likeness (QED) is 0.933. The van der Waals surface area contributed by atoms with Crippen LogP contribution in [0.15, 0.2) is 17.2 Å². The number of nitrogens with zero attached hydrogens (tertiary/aromatic N) is 3. The summed E-state index contributed by atoms with van der Waals surface area (Å²) in [6, 6.07) is -0.152. The average Bonchev–Trinajstić information content (AvgIpc) is 2.76. The van der Waals surface area contributed by atoms with Crippen molar-refractivity contribution in [1.82, 2.24) is 19.9 Å². The largest absolute Gasteiger partial charge is 0.332 e. The van der Waals surface area contributed by atoms with Gasteiger partial charge in [0.2, 0.25) is 0 Å². The van der Waals surface area contributed by atoms with Gasteiger partial charge in [-0.2, -0.15) is 0 Å². The fourth-order valence-electron chi connectivity index (χ4n) is 1.93. The lowest BCUT2D eigenvalue weighted by Crippen LogP contribution is -2.31. The van der Waals surface area contributed by atoms with Crippen molar-refractivity contribution in [2.75, 3.05) is 7.05 Å². The summed E-state index contributed by atoms with van der Waals surface area (Å²) in [4.78, 5) is 36.7. The van der Waals surface area contributed by atoms with Gasteiger partial charge < -0.3 is 9.88 Å². The number of aromatic nitrogens is 3. The topological polar surface area (TPSA) is 79.0 Å². The molecule has 0 aromatic carbocycles. The maximum Gasteiger partial charge on any atom is 0.274 e. The molecule has 0 bridgehead atoms. The Kier molecular flexibility index (Phi) is 3.99. The lowest BCUT2D eigenvalue weighted by Gasteiger charge is -2.23. The molecule has 1 N–H and O–H groups in total. The average molecular weight is 292 g/mol. The maximum absolute atomic E-state index is 12.3. The molecule has 0 aliphatic rings. The van der Waals surface area contributed by atoms with Crippen LogP contribution >= 0.6 is 11.3 Å². The second-order valence-electron chi connectivity index (χ2n) is 4.56. The molecule has 0 aliphatic carbocycles. The molecule has 106 valence electrons. The zero-order valence-corrected chi connectivity index (χ0v) is 12.6. The first-order valence-electron chi connectivity index (χ1n) is 6.16. The van der Waals surface area contributed by atoms with Crippen molar-refractivity contribution in [1.29, 1.82) is 0 Å². The van der Waals surface area contributed by atoms with Crippen LogP contribution in [-0.4, -0.2) is 32.8 Å². The molecular formula is C13H16N4O2S. The van der Waals surface area contributed by atoms with E-state index in [-0.39, 0.29) is 23.2 Å². The lowest BCUT2D eigenvalue weighted by molar-refractivity contribution is 0.0733. The second-order valence-corrected chi connectivity index (χ2v) is 5.97. The molecule has 0 spiro atoms. The number of hydrogen-bond acceptors (Lipinski definition) is 5. The van der Waals surface area contributed by atoms with Crippen LogP contribution in [0.2, 0.25) is 0 Å². The van der Waals surface area contributed by atoms with E-state index in [1.54, 1.807) is 23.3 Å². The van der Waals surface area contributed by atoms with Gasteiger partial charge in [0.05, 0.1) is 22.9 Å². The monoisotopic (exact) mass is 292 g/mol. The molecule has 0 unspecified atom stereocenters. The Labute approximate surface area is 120 Å². The zero-order valence-electron chi connectivity index (χ0n) is 11.8.